The molecule has 28 valence electrons. The molecule has 0 amide bonds. The zero-order valence-electron chi connectivity index (χ0n) is 1.57. The summed E-state index contributed by atoms with van der Waals surface area (Å²) in [6.45, 7) is 0. The van der Waals surface area contributed by atoms with E-state index in [4.69, 9.17) is 7.08 Å². The van der Waals surface area contributed by atoms with Gasteiger partial charge in [0, 0.05) is 0 Å². The van der Waals surface area contributed by atoms with Gasteiger partial charge in [0.2, 0.25) is 0 Å². The molecule has 0 aromatic heterocycles. The third-order valence-electron chi connectivity index (χ3n) is 0. The Labute approximate surface area is 44.2 Å². The first-order valence-corrected chi connectivity index (χ1v) is 1.59. The SMILES string of the molecule is [O]=[Cu].[O]=[Nb]. The minimum absolute atomic E-state index is 0.500. The van der Waals surface area contributed by atoms with Crippen molar-refractivity contribution in [1.82, 2.24) is 0 Å². The summed E-state index contributed by atoms with van der Waals surface area (Å²) in [4.78, 5) is 0. The molecule has 0 unspecified atom stereocenters. The van der Waals surface area contributed by atoms with Crippen LogP contribution in [0.25, 0.3) is 0 Å². The van der Waals surface area contributed by atoms with Crippen LogP contribution in [-0.4, -0.2) is 0 Å². The molecule has 0 fully saturated rings. The fourth-order valence-corrected chi connectivity index (χ4v) is 0. The molecule has 4 heavy (non-hydrogen) atoms. The predicted octanol–water partition coefficient (Wildman–Crippen LogP) is -0.243. The summed E-state index contributed by atoms with van der Waals surface area (Å²) >= 11 is 3.44. The van der Waals surface area contributed by atoms with E-state index in [1.807, 2.05) is 0 Å². The Morgan fingerprint density at radius 3 is 1.25 bits per heavy atom. The van der Waals surface area contributed by atoms with Crippen LogP contribution in [0.2, 0.25) is 0 Å². The van der Waals surface area contributed by atoms with Crippen LogP contribution in [0, 0.1) is 0 Å². The molecule has 0 saturated carbocycles. The van der Waals surface area contributed by atoms with Gasteiger partial charge in [-0.1, -0.05) is 0 Å². The van der Waals surface area contributed by atoms with Gasteiger partial charge in [0.05, 0.1) is 0 Å². The summed E-state index contributed by atoms with van der Waals surface area (Å²) < 4.78 is 16.1. The monoisotopic (exact) mass is 188 g/mol. The Morgan fingerprint density at radius 2 is 1.25 bits per heavy atom. The maximum absolute atomic E-state index is 8.30. The van der Waals surface area contributed by atoms with E-state index in [0.717, 1.165) is 0 Å². The third-order valence-corrected chi connectivity index (χ3v) is 0. The second kappa shape index (κ2) is 42.7. The average molecular weight is 188 g/mol. The van der Waals surface area contributed by atoms with Crippen LogP contribution in [0.1, 0.15) is 0 Å². The van der Waals surface area contributed by atoms with E-state index in [2.05, 4.69) is 15.9 Å². The van der Waals surface area contributed by atoms with Crippen LogP contribution in [-0.2, 0) is 44.1 Å². The van der Waals surface area contributed by atoms with Gasteiger partial charge in [-0.2, -0.15) is 0 Å². The van der Waals surface area contributed by atoms with E-state index in [0.29, 0.717) is 21.0 Å². The molecule has 0 saturated heterocycles. The number of hydrogen-bond donors (Lipinski definition) is 0. The van der Waals surface area contributed by atoms with Gasteiger partial charge in [-0.05, 0) is 0 Å². The Hall–Kier alpha value is 0.860. The van der Waals surface area contributed by atoms with Crippen LogP contribution >= 0.6 is 0 Å². The first kappa shape index (κ1) is 8.85. The molecule has 0 aromatic rings. The molecule has 0 atom stereocenters. The second-order valence-electron chi connectivity index (χ2n) is 0. The summed E-state index contributed by atoms with van der Waals surface area (Å²) in [5, 5.41) is 0. The molecule has 0 radical (unpaired) electrons. The van der Waals surface area contributed by atoms with E-state index in [1.165, 1.54) is 0 Å². The van der Waals surface area contributed by atoms with Crippen LogP contribution in [0.4, 0.5) is 0 Å². The third kappa shape index (κ3) is 13.4. The average Bonchev–Trinajstić information content (AvgIpc) is 1.50. The standard InChI is InChI=1S/Cu.Nb.2O. The molecular formula is CuNbO2. The Morgan fingerprint density at radius 1 is 1.25 bits per heavy atom. The molecule has 0 aliphatic carbocycles. The second-order valence-corrected chi connectivity index (χ2v) is 0. The summed E-state index contributed by atoms with van der Waals surface area (Å²) in [5.41, 5.74) is 0. The number of rotatable bonds is 0. The summed E-state index contributed by atoms with van der Waals surface area (Å²) in [6.07, 6.45) is 0. The molecule has 0 rings (SSSR count). The number of hydrogen-bond acceptors (Lipinski definition) is 2. The van der Waals surface area contributed by atoms with Gasteiger partial charge in [0.15, 0.2) is 0 Å². The van der Waals surface area contributed by atoms with Gasteiger partial charge >= 0.3 is 44.1 Å². The molecule has 4 heteroatoms. The zero-order chi connectivity index (χ0) is 4.00. The van der Waals surface area contributed by atoms with Crippen LogP contribution < -0.4 is 0 Å². The van der Waals surface area contributed by atoms with Gasteiger partial charge < -0.3 is 0 Å². The topological polar surface area (TPSA) is 34.1 Å². The Kier molecular flexibility index (Phi) is 94.5. The molecule has 2 nitrogen and oxygen atoms in total. The normalized spacial score (nSPS) is 2.25. The van der Waals surface area contributed by atoms with Crippen LogP contribution in [0.5, 0.6) is 0 Å². The summed E-state index contributed by atoms with van der Waals surface area (Å²) in [6, 6.07) is 0. The molecular weight excluding hydrogens is 188 g/mol. The molecule has 0 aliphatic rings. The van der Waals surface area contributed by atoms with Gasteiger partial charge in [-0.15, -0.1) is 0 Å². The first-order chi connectivity index (χ1) is 2.00. The van der Waals surface area contributed by atoms with Gasteiger partial charge in [0.1, 0.15) is 0 Å². The Balaban J connectivity index is 0. The van der Waals surface area contributed by atoms with Gasteiger partial charge in [-0.3, -0.25) is 0 Å². The maximum atomic E-state index is 8.30. The van der Waals surface area contributed by atoms with E-state index < -0.39 is 0 Å². The van der Waals surface area contributed by atoms with Crippen molar-refractivity contribution in [2.75, 3.05) is 0 Å². The van der Waals surface area contributed by atoms with E-state index in [9.17, 15) is 0 Å². The molecule has 0 N–H and O–H groups in total. The molecule has 0 aromatic carbocycles. The van der Waals surface area contributed by atoms with Crippen LogP contribution in [0.3, 0.4) is 0 Å². The van der Waals surface area contributed by atoms with Crippen molar-refractivity contribution >= 4 is 0 Å². The fourth-order valence-electron chi connectivity index (χ4n) is 0. The van der Waals surface area contributed by atoms with E-state index in [1.54, 1.807) is 0 Å². The van der Waals surface area contributed by atoms with Crippen molar-refractivity contribution in [3.8, 4) is 0 Å². The first-order valence-electron chi connectivity index (χ1n) is 0.306. The van der Waals surface area contributed by atoms with Gasteiger partial charge in [-0.25, -0.2) is 0 Å². The van der Waals surface area contributed by atoms with Crippen molar-refractivity contribution in [1.29, 1.82) is 0 Å². The van der Waals surface area contributed by atoms with Gasteiger partial charge in [0.25, 0.3) is 0 Å². The molecule has 0 bridgehead atoms. The zero-order valence-corrected chi connectivity index (χ0v) is 4.71. The van der Waals surface area contributed by atoms with Crippen molar-refractivity contribution in [2.45, 2.75) is 0 Å². The summed E-state index contributed by atoms with van der Waals surface area (Å²) in [7, 11) is 0. The van der Waals surface area contributed by atoms with Crippen LogP contribution in [0.15, 0.2) is 0 Å². The van der Waals surface area contributed by atoms with E-state index >= 15 is 0 Å². The molecule has 0 heterocycles. The Bertz CT molecular complexity index is 8.00. The fraction of sp³-hybridized carbons (Fsp3) is 0. The molecule has 0 aliphatic heterocycles. The van der Waals surface area contributed by atoms with Crippen molar-refractivity contribution in [3.05, 3.63) is 0 Å². The van der Waals surface area contributed by atoms with Crippen molar-refractivity contribution in [2.24, 2.45) is 0 Å². The summed E-state index contributed by atoms with van der Waals surface area (Å²) in [5.74, 6) is 0. The minimum atomic E-state index is 0.500. The van der Waals surface area contributed by atoms with Crippen molar-refractivity contribution in [3.63, 3.8) is 0 Å². The predicted molar refractivity (Wildman–Crippen MR) is 1.37 cm³/mol. The van der Waals surface area contributed by atoms with E-state index in [-0.39, 0.29) is 0 Å². The van der Waals surface area contributed by atoms with Crippen molar-refractivity contribution < 1.29 is 44.1 Å². The quantitative estimate of drug-likeness (QED) is 0.492. The molecule has 0 spiro atoms.